The summed E-state index contributed by atoms with van der Waals surface area (Å²) in [5.41, 5.74) is 4.29. The average molecular weight is 480 g/mol. The van der Waals surface area contributed by atoms with Crippen molar-refractivity contribution in [2.75, 3.05) is 7.11 Å². The van der Waals surface area contributed by atoms with Gasteiger partial charge in [-0.25, -0.2) is 13.6 Å². The summed E-state index contributed by atoms with van der Waals surface area (Å²) in [6.45, 7) is 0. The second kappa shape index (κ2) is 10.6. The number of aryl methyl sites for hydroxylation is 1. The summed E-state index contributed by atoms with van der Waals surface area (Å²) < 4.78 is 33.5. The summed E-state index contributed by atoms with van der Waals surface area (Å²) in [4.78, 5) is 25.7. The number of ether oxygens (including phenoxy) is 1. The van der Waals surface area contributed by atoms with Crippen molar-refractivity contribution in [3.63, 3.8) is 0 Å². The van der Waals surface area contributed by atoms with Crippen LogP contribution in [0.5, 0.6) is 0 Å². The summed E-state index contributed by atoms with van der Waals surface area (Å²) in [7, 11) is 3.03. The van der Waals surface area contributed by atoms with Gasteiger partial charge >= 0.3 is 5.97 Å². The van der Waals surface area contributed by atoms with Crippen LogP contribution in [0.25, 0.3) is 11.6 Å². The molecule has 1 aliphatic rings. The Bertz CT molecular complexity index is 1270. The summed E-state index contributed by atoms with van der Waals surface area (Å²) in [5.74, 6) is -1.78. The van der Waals surface area contributed by atoms with E-state index in [1.807, 2.05) is 12.1 Å². The smallest absolute Gasteiger partial charge is 0.328 e. The van der Waals surface area contributed by atoms with Gasteiger partial charge in [-0.3, -0.25) is 9.48 Å². The minimum atomic E-state index is -0.955. The normalized spacial score (nSPS) is 15.3. The molecular formula is C27H27F2N3O3. The number of nitrogens with zero attached hydrogens (tertiary/aromatic N) is 2. The topological polar surface area (TPSA) is 73.2 Å². The molecule has 0 spiro atoms. The second-order valence-corrected chi connectivity index (χ2v) is 8.61. The Kier molecular flexibility index (Phi) is 7.39. The van der Waals surface area contributed by atoms with Crippen molar-refractivity contribution in [1.82, 2.24) is 15.1 Å². The molecule has 0 saturated heterocycles. The van der Waals surface area contributed by atoms with Gasteiger partial charge in [-0.1, -0.05) is 24.3 Å². The molecule has 4 rings (SSSR count). The van der Waals surface area contributed by atoms with E-state index < -0.39 is 17.9 Å². The highest BCUT2D eigenvalue weighted by Crippen LogP contribution is 2.33. The lowest BCUT2D eigenvalue weighted by Gasteiger charge is -2.16. The number of aromatic nitrogens is 2. The van der Waals surface area contributed by atoms with E-state index in [9.17, 15) is 18.4 Å². The molecule has 1 heterocycles. The number of hydrogen-bond donors (Lipinski definition) is 1. The molecular weight excluding hydrogens is 452 g/mol. The van der Waals surface area contributed by atoms with Gasteiger partial charge in [0.15, 0.2) is 5.69 Å². The van der Waals surface area contributed by atoms with Gasteiger partial charge in [-0.05, 0) is 72.7 Å². The number of carbonyl (C=O) groups is 2. The lowest BCUT2D eigenvalue weighted by atomic mass is 10.0. The van der Waals surface area contributed by atoms with Crippen LogP contribution in [0.1, 0.15) is 52.1 Å². The molecule has 1 amide bonds. The highest BCUT2D eigenvalue weighted by molar-refractivity contribution is 5.98. The summed E-state index contributed by atoms with van der Waals surface area (Å²) in [5, 5.41) is 7.24. The zero-order valence-corrected chi connectivity index (χ0v) is 19.7. The van der Waals surface area contributed by atoms with Crippen molar-refractivity contribution in [3.8, 4) is 0 Å². The highest BCUT2D eigenvalue weighted by atomic mass is 19.1. The van der Waals surface area contributed by atoms with Gasteiger partial charge in [0.2, 0.25) is 0 Å². The molecule has 35 heavy (non-hydrogen) atoms. The largest absolute Gasteiger partial charge is 0.467 e. The SMILES string of the molecule is COC(=O)[C@@H](Cc1ccc(F)cc1)NC(=O)c1nn(C)c2c1CCCCC2=Cc1cccc(F)c1. The summed E-state index contributed by atoms with van der Waals surface area (Å²) in [6, 6.07) is 11.1. The third kappa shape index (κ3) is 5.65. The Hall–Kier alpha value is -3.81. The van der Waals surface area contributed by atoms with Gasteiger partial charge in [-0.2, -0.15) is 5.10 Å². The number of halogens is 2. The molecule has 1 atom stereocenters. The van der Waals surface area contributed by atoms with Crippen LogP contribution in [0.4, 0.5) is 8.78 Å². The molecule has 2 aromatic carbocycles. The van der Waals surface area contributed by atoms with Gasteiger partial charge < -0.3 is 10.1 Å². The molecule has 0 unspecified atom stereocenters. The van der Waals surface area contributed by atoms with Crippen molar-refractivity contribution in [2.24, 2.45) is 7.05 Å². The van der Waals surface area contributed by atoms with Gasteiger partial charge in [0.05, 0.1) is 12.8 Å². The van der Waals surface area contributed by atoms with Crippen LogP contribution < -0.4 is 5.32 Å². The number of amides is 1. The van der Waals surface area contributed by atoms with Crippen molar-refractivity contribution >= 4 is 23.5 Å². The molecule has 6 nitrogen and oxygen atoms in total. The van der Waals surface area contributed by atoms with E-state index in [1.165, 1.54) is 31.4 Å². The fraction of sp³-hybridized carbons (Fsp3) is 0.296. The number of hydrogen-bond acceptors (Lipinski definition) is 4. The van der Waals surface area contributed by atoms with E-state index in [0.29, 0.717) is 12.0 Å². The molecule has 1 aromatic heterocycles. The van der Waals surface area contributed by atoms with E-state index in [-0.39, 0.29) is 23.7 Å². The van der Waals surface area contributed by atoms with Crippen LogP contribution in [-0.4, -0.2) is 34.8 Å². The molecule has 0 fully saturated rings. The van der Waals surface area contributed by atoms with E-state index in [0.717, 1.165) is 41.7 Å². The Morgan fingerprint density at radius 3 is 2.57 bits per heavy atom. The Labute approximate surface area is 202 Å². The number of benzene rings is 2. The van der Waals surface area contributed by atoms with Crippen molar-refractivity contribution < 1.29 is 23.1 Å². The van der Waals surface area contributed by atoms with Crippen LogP contribution in [0.15, 0.2) is 48.5 Å². The zero-order chi connectivity index (χ0) is 24.9. The predicted molar refractivity (Wildman–Crippen MR) is 128 cm³/mol. The van der Waals surface area contributed by atoms with E-state index in [1.54, 1.807) is 29.9 Å². The Morgan fingerprint density at radius 1 is 1.11 bits per heavy atom. The fourth-order valence-corrected chi connectivity index (χ4v) is 4.48. The number of esters is 1. The molecule has 0 radical (unpaired) electrons. The van der Waals surface area contributed by atoms with Gasteiger partial charge in [0, 0.05) is 19.0 Å². The van der Waals surface area contributed by atoms with E-state index in [4.69, 9.17) is 4.74 Å². The molecule has 0 saturated carbocycles. The second-order valence-electron chi connectivity index (χ2n) is 8.61. The molecule has 1 N–H and O–H groups in total. The number of fused-ring (bicyclic) bond motifs is 1. The number of rotatable bonds is 6. The first-order valence-corrected chi connectivity index (χ1v) is 11.5. The maximum absolute atomic E-state index is 13.7. The summed E-state index contributed by atoms with van der Waals surface area (Å²) >= 11 is 0. The number of nitrogens with one attached hydrogen (secondary N) is 1. The maximum atomic E-state index is 13.7. The van der Waals surface area contributed by atoms with Gasteiger partial charge in [0.25, 0.3) is 5.91 Å². The van der Waals surface area contributed by atoms with Crippen LogP contribution in [0.3, 0.4) is 0 Å². The first kappa shape index (κ1) is 24.3. The Morgan fingerprint density at radius 2 is 1.86 bits per heavy atom. The first-order chi connectivity index (χ1) is 16.9. The van der Waals surface area contributed by atoms with Crippen LogP contribution >= 0.6 is 0 Å². The molecule has 182 valence electrons. The molecule has 0 aliphatic heterocycles. The van der Waals surface area contributed by atoms with Crippen LogP contribution in [0.2, 0.25) is 0 Å². The molecule has 0 bridgehead atoms. The third-order valence-electron chi connectivity index (χ3n) is 6.12. The van der Waals surface area contributed by atoms with Gasteiger partial charge in [0.1, 0.15) is 17.7 Å². The lowest BCUT2D eigenvalue weighted by molar-refractivity contribution is -0.142. The minimum Gasteiger partial charge on any atom is -0.467 e. The fourth-order valence-electron chi connectivity index (χ4n) is 4.48. The van der Waals surface area contributed by atoms with Crippen LogP contribution in [-0.2, 0) is 29.4 Å². The number of carbonyl (C=O) groups excluding carboxylic acids is 2. The third-order valence-corrected chi connectivity index (χ3v) is 6.12. The first-order valence-electron chi connectivity index (χ1n) is 11.5. The predicted octanol–water partition coefficient (Wildman–Crippen LogP) is 4.48. The molecule has 3 aromatic rings. The zero-order valence-electron chi connectivity index (χ0n) is 19.7. The Balaban J connectivity index is 1.64. The molecule has 1 aliphatic carbocycles. The van der Waals surface area contributed by atoms with E-state index in [2.05, 4.69) is 10.4 Å². The average Bonchev–Trinajstić information content (AvgIpc) is 3.03. The number of methoxy groups -OCH3 is 1. The molecule has 8 heteroatoms. The highest BCUT2D eigenvalue weighted by Gasteiger charge is 2.29. The van der Waals surface area contributed by atoms with Crippen molar-refractivity contribution in [3.05, 3.63) is 88.2 Å². The van der Waals surface area contributed by atoms with Crippen molar-refractivity contribution in [1.29, 1.82) is 0 Å². The quantitative estimate of drug-likeness (QED) is 0.418. The van der Waals surface area contributed by atoms with E-state index >= 15 is 0 Å². The van der Waals surface area contributed by atoms with Gasteiger partial charge in [-0.15, -0.1) is 0 Å². The standard InChI is InChI=1S/C27H27F2N3O3/c1-32-25-19(14-18-6-5-8-21(29)15-18)7-3-4-9-22(25)24(31-32)26(33)30-23(27(34)35-2)16-17-10-12-20(28)13-11-17/h5-6,8,10-15,23H,3-4,7,9,16H2,1-2H3,(H,30,33)/t23-/m1/s1. The number of allylic oxidation sites excluding steroid dienone is 1. The lowest BCUT2D eigenvalue weighted by Crippen LogP contribution is -2.43. The van der Waals surface area contributed by atoms with Crippen LogP contribution in [0, 0.1) is 11.6 Å². The van der Waals surface area contributed by atoms with Crippen molar-refractivity contribution in [2.45, 2.75) is 38.1 Å². The summed E-state index contributed by atoms with van der Waals surface area (Å²) in [6.07, 6.45) is 5.31. The monoisotopic (exact) mass is 479 g/mol. The maximum Gasteiger partial charge on any atom is 0.328 e. The minimum absolute atomic E-state index is 0.151.